The number of nitrogens with zero attached hydrogens (tertiary/aromatic N) is 2. The first kappa shape index (κ1) is 16.3. The molecule has 0 spiro atoms. The van der Waals surface area contributed by atoms with Gasteiger partial charge in [-0.2, -0.15) is 4.98 Å². The van der Waals surface area contributed by atoms with Gasteiger partial charge in [-0.15, -0.1) is 0 Å². The van der Waals surface area contributed by atoms with Crippen LogP contribution in [0.25, 0.3) is 22.6 Å². The van der Waals surface area contributed by atoms with Crippen LogP contribution >= 0.6 is 0 Å². The topological polar surface area (TPSA) is 88.2 Å². The Kier molecular flexibility index (Phi) is 4.16. The van der Waals surface area contributed by atoms with Crippen molar-refractivity contribution in [1.29, 1.82) is 0 Å². The van der Waals surface area contributed by atoms with E-state index in [1.807, 2.05) is 36.4 Å². The largest absolute Gasteiger partial charge is 0.465 e. The van der Waals surface area contributed by atoms with Crippen molar-refractivity contribution in [2.75, 3.05) is 0 Å². The highest BCUT2D eigenvalue weighted by Gasteiger charge is 2.22. The van der Waals surface area contributed by atoms with Crippen LogP contribution < -0.4 is 5.32 Å². The van der Waals surface area contributed by atoms with E-state index in [4.69, 9.17) is 9.63 Å². The van der Waals surface area contributed by atoms with Gasteiger partial charge in [-0.3, -0.25) is 0 Å². The molecule has 0 saturated heterocycles. The summed E-state index contributed by atoms with van der Waals surface area (Å²) in [5.41, 5.74) is 5.22. The Morgan fingerprint density at radius 1 is 1.23 bits per heavy atom. The second kappa shape index (κ2) is 6.63. The summed E-state index contributed by atoms with van der Waals surface area (Å²) in [6, 6.07) is 14.0. The van der Waals surface area contributed by atoms with Gasteiger partial charge in [0, 0.05) is 5.56 Å². The highest BCUT2D eigenvalue weighted by Crippen LogP contribution is 2.36. The summed E-state index contributed by atoms with van der Waals surface area (Å²) in [5, 5.41) is 15.6. The van der Waals surface area contributed by atoms with Gasteiger partial charge in [-0.25, -0.2) is 4.79 Å². The maximum absolute atomic E-state index is 11.0. The van der Waals surface area contributed by atoms with Crippen LogP contribution in [0.2, 0.25) is 0 Å². The van der Waals surface area contributed by atoms with Crippen molar-refractivity contribution in [2.24, 2.45) is 0 Å². The number of hydrogen-bond donors (Lipinski definition) is 2. The van der Waals surface area contributed by atoms with Crippen LogP contribution in [0.5, 0.6) is 0 Å². The van der Waals surface area contributed by atoms with Crippen molar-refractivity contribution in [3.8, 4) is 22.6 Å². The van der Waals surface area contributed by atoms with E-state index in [1.54, 1.807) is 6.92 Å². The molecule has 6 nitrogen and oxygen atoms in total. The lowest BCUT2D eigenvalue weighted by Gasteiger charge is -2.26. The third kappa shape index (κ3) is 3.06. The number of carbonyl (C=O) groups is 1. The Morgan fingerprint density at radius 2 is 2.04 bits per heavy atom. The lowest BCUT2D eigenvalue weighted by atomic mass is 9.85. The maximum atomic E-state index is 11.0. The van der Waals surface area contributed by atoms with Gasteiger partial charge in [-0.1, -0.05) is 41.6 Å². The van der Waals surface area contributed by atoms with Crippen LogP contribution in [0.4, 0.5) is 4.79 Å². The zero-order chi connectivity index (χ0) is 18.1. The Labute approximate surface area is 150 Å². The molecule has 2 aromatic carbocycles. The van der Waals surface area contributed by atoms with Gasteiger partial charge in [0.25, 0.3) is 5.89 Å². The van der Waals surface area contributed by atoms with Crippen LogP contribution in [0.3, 0.4) is 0 Å². The molecule has 0 fully saturated rings. The van der Waals surface area contributed by atoms with E-state index in [-0.39, 0.29) is 6.04 Å². The van der Waals surface area contributed by atoms with Crippen molar-refractivity contribution in [1.82, 2.24) is 15.5 Å². The van der Waals surface area contributed by atoms with Crippen molar-refractivity contribution in [2.45, 2.75) is 32.2 Å². The normalized spacial score (nSPS) is 16.1. The molecule has 0 saturated carbocycles. The fourth-order valence-corrected chi connectivity index (χ4v) is 3.61. The van der Waals surface area contributed by atoms with E-state index < -0.39 is 6.09 Å². The van der Waals surface area contributed by atoms with Crippen LogP contribution in [0.15, 0.2) is 47.0 Å². The predicted molar refractivity (Wildman–Crippen MR) is 96.7 cm³/mol. The smallest absolute Gasteiger partial charge is 0.405 e. The summed E-state index contributed by atoms with van der Waals surface area (Å²) in [5.74, 6) is 1.10. The molecule has 1 aliphatic carbocycles. The molecule has 1 heterocycles. The average molecular weight is 349 g/mol. The number of benzene rings is 2. The Bertz CT molecular complexity index is 964. The molecule has 0 aliphatic heterocycles. The second-order valence-corrected chi connectivity index (χ2v) is 6.50. The van der Waals surface area contributed by atoms with Crippen LogP contribution in [-0.2, 0) is 6.42 Å². The quantitative estimate of drug-likeness (QED) is 0.733. The minimum absolute atomic E-state index is 0.140. The zero-order valence-corrected chi connectivity index (χ0v) is 14.4. The first-order valence-electron chi connectivity index (χ1n) is 8.64. The Morgan fingerprint density at radius 3 is 2.77 bits per heavy atom. The van der Waals surface area contributed by atoms with Crippen LogP contribution in [-0.4, -0.2) is 21.3 Å². The fourth-order valence-electron chi connectivity index (χ4n) is 3.61. The van der Waals surface area contributed by atoms with E-state index in [2.05, 4.69) is 21.5 Å². The van der Waals surface area contributed by atoms with Crippen LogP contribution in [0.1, 0.15) is 35.8 Å². The minimum Gasteiger partial charge on any atom is -0.465 e. The van der Waals surface area contributed by atoms with E-state index in [0.29, 0.717) is 11.7 Å². The molecule has 4 rings (SSSR count). The molecule has 1 atom stereocenters. The maximum Gasteiger partial charge on any atom is 0.405 e. The van der Waals surface area contributed by atoms with Gasteiger partial charge < -0.3 is 14.9 Å². The molecule has 6 heteroatoms. The fraction of sp³-hybridized carbons (Fsp3) is 0.250. The molecule has 1 amide bonds. The van der Waals surface area contributed by atoms with E-state index >= 15 is 0 Å². The molecular weight excluding hydrogens is 330 g/mol. The minimum atomic E-state index is -0.982. The summed E-state index contributed by atoms with van der Waals surface area (Å²) in [6.45, 7) is 1.80. The van der Waals surface area contributed by atoms with E-state index in [0.717, 1.165) is 41.5 Å². The lowest BCUT2D eigenvalue weighted by Crippen LogP contribution is -2.29. The molecule has 1 aromatic heterocycles. The number of amides is 1. The number of nitrogens with one attached hydrogen (secondary N) is 1. The number of carboxylic acid groups (broad SMARTS) is 1. The molecule has 2 N–H and O–H groups in total. The zero-order valence-electron chi connectivity index (χ0n) is 14.4. The molecule has 1 aliphatic rings. The predicted octanol–water partition coefficient (Wildman–Crippen LogP) is 4.36. The van der Waals surface area contributed by atoms with Gasteiger partial charge >= 0.3 is 6.09 Å². The van der Waals surface area contributed by atoms with Gasteiger partial charge in [0.05, 0.1) is 6.04 Å². The lowest BCUT2D eigenvalue weighted by molar-refractivity contribution is 0.188. The highest BCUT2D eigenvalue weighted by molar-refractivity contribution is 5.80. The Hall–Kier alpha value is -3.15. The summed E-state index contributed by atoms with van der Waals surface area (Å²) in [7, 11) is 0. The van der Waals surface area contributed by atoms with Crippen molar-refractivity contribution in [3.63, 3.8) is 0 Å². The van der Waals surface area contributed by atoms with E-state index in [1.165, 1.54) is 5.56 Å². The molecule has 3 aromatic rings. The summed E-state index contributed by atoms with van der Waals surface area (Å²) < 4.78 is 5.35. The standard InChI is InChI=1S/C20H19N3O3/c1-12-21-19(26-23-12)17-7-3-2-6-15(17)14-9-10-16-13(11-14)5-4-8-18(16)22-20(24)25/h2-3,6-7,9-11,18,22H,4-5,8H2,1H3,(H,24,25). The SMILES string of the molecule is Cc1noc(-c2ccccc2-c2ccc3c(c2)CCCC3NC(=O)O)n1. The van der Waals surface area contributed by atoms with Crippen molar-refractivity contribution >= 4 is 6.09 Å². The van der Waals surface area contributed by atoms with Gasteiger partial charge in [-0.05, 0) is 54.5 Å². The number of rotatable bonds is 3. The third-order valence-corrected chi connectivity index (χ3v) is 4.75. The molecule has 0 radical (unpaired) electrons. The number of fused-ring (bicyclic) bond motifs is 1. The Balaban J connectivity index is 1.75. The van der Waals surface area contributed by atoms with E-state index in [9.17, 15) is 4.79 Å². The number of aromatic nitrogens is 2. The molecule has 0 bridgehead atoms. The summed E-state index contributed by atoms with van der Waals surface area (Å²) >= 11 is 0. The summed E-state index contributed by atoms with van der Waals surface area (Å²) in [6.07, 6.45) is 1.76. The number of hydrogen-bond acceptors (Lipinski definition) is 4. The van der Waals surface area contributed by atoms with Crippen molar-refractivity contribution < 1.29 is 14.4 Å². The first-order chi connectivity index (χ1) is 12.6. The molecule has 132 valence electrons. The van der Waals surface area contributed by atoms with Crippen molar-refractivity contribution in [3.05, 3.63) is 59.4 Å². The van der Waals surface area contributed by atoms with Crippen LogP contribution in [0, 0.1) is 6.92 Å². The third-order valence-electron chi connectivity index (χ3n) is 4.75. The highest BCUT2D eigenvalue weighted by atomic mass is 16.5. The molecule has 1 unspecified atom stereocenters. The summed E-state index contributed by atoms with van der Waals surface area (Å²) in [4.78, 5) is 15.4. The number of aryl methyl sites for hydroxylation is 2. The first-order valence-corrected chi connectivity index (χ1v) is 8.64. The van der Waals surface area contributed by atoms with Gasteiger partial charge in [0.2, 0.25) is 0 Å². The average Bonchev–Trinajstić information content (AvgIpc) is 3.07. The second-order valence-electron chi connectivity index (χ2n) is 6.50. The van der Waals surface area contributed by atoms with Gasteiger partial charge in [0.1, 0.15) is 0 Å². The molecule has 26 heavy (non-hydrogen) atoms. The monoisotopic (exact) mass is 349 g/mol. The molecular formula is C20H19N3O3. The van der Waals surface area contributed by atoms with Gasteiger partial charge in [0.15, 0.2) is 5.82 Å².